The van der Waals surface area contributed by atoms with E-state index in [2.05, 4.69) is 74.4 Å². The van der Waals surface area contributed by atoms with Gasteiger partial charge < -0.3 is 40.3 Å². The van der Waals surface area contributed by atoms with Crippen LogP contribution in [0.25, 0.3) is 44.5 Å². The number of alkyl carbamates (subject to hydrolysis) is 2. The zero-order chi connectivity index (χ0) is 43.7. The summed E-state index contributed by atoms with van der Waals surface area (Å²) in [6.45, 7) is 8.23. The number of carbonyl (C=O) groups excluding carboxylic acids is 4. The van der Waals surface area contributed by atoms with E-state index in [4.69, 9.17) is 19.4 Å². The van der Waals surface area contributed by atoms with Crippen LogP contribution in [0.15, 0.2) is 60.8 Å². The number of aromatic amines is 2. The third kappa shape index (κ3) is 8.64. The third-order valence-corrected chi connectivity index (χ3v) is 13.0. The van der Waals surface area contributed by atoms with Crippen LogP contribution in [-0.2, 0) is 31.9 Å². The molecule has 2 aromatic heterocycles. The average Bonchev–Trinajstić information content (AvgIpc) is 4.13. The Balaban J connectivity index is 0.988. The number of hydrogen-bond acceptors (Lipinski definition) is 8. The summed E-state index contributed by atoms with van der Waals surface area (Å²) in [5.74, 6) is 1.10. The summed E-state index contributed by atoms with van der Waals surface area (Å²) in [5.41, 5.74) is 10.9. The van der Waals surface area contributed by atoms with Crippen molar-refractivity contribution in [2.75, 3.05) is 20.8 Å². The fraction of sp³-hybridized carbons (Fsp3) is 0.458. The molecule has 2 fully saturated rings. The van der Waals surface area contributed by atoms with E-state index >= 15 is 0 Å². The maximum atomic E-state index is 13.7. The van der Waals surface area contributed by atoms with Gasteiger partial charge in [-0.25, -0.2) is 19.6 Å². The highest BCUT2D eigenvalue weighted by molar-refractivity contribution is 5.88. The lowest BCUT2D eigenvalue weighted by Crippen LogP contribution is -2.51. The number of fused-ring (bicyclic) bond motifs is 4. The predicted octanol–water partition coefficient (Wildman–Crippen LogP) is 8.16. The maximum absolute atomic E-state index is 13.7. The number of imidazole rings is 2. The van der Waals surface area contributed by atoms with Gasteiger partial charge in [0.05, 0.1) is 49.2 Å². The molecule has 1 saturated carbocycles. The van der Waals surface area contributed by atoms with Crippen molar-refractivity contribution in [3.05, 3.63) is 83.6 Å². The van der Waals surface area contributed by atoms with Crippen LogP contribution in [-0.4, -0.2) is 81.7 Å². The summed E-state index contributed by atoms with van der Waals surface area (Å²) in [6.07, 6.45) is 8.26. The third-order valence-electron chi connectivity index (χ3n) is 13.0. The number of aromatic nitrogens is 4. The second kappa shape index (κ2) is 18.0. The van der Waals surface area contributed by atoms with E-state index in [1.807, 2.05) is 44.9 Å². The Morgan fingerprint density at radius 1 is 0.726 bits per heavy atom. The molecule has 0 radical (unpaired) electrons. The number of H-pyrrole nitrogens is 2. The number of aryl methyl sites for hydroxylation is 2. The number of methoxy groups -OCH3 is 2. The molecule has 1 aliphatic heterocycles. The summed E-state index contributed by atoms with van der Waals surface area (Å²) in [4.78, 5) is 70.0. The minimum Gasteiger partial charge on any atom is -0.453 e. The van der Waals surface area contributed by atoms with E-state index in [1.54, 1.807) is 0 Å². The lowest BCUT2D eigenvalue weighted by Gasteiger charge is -2.30. The Morgan fingerprint density at radius 2 is 1.34 bits per heavy atom. The molecule has 0 bridgehead atoms. The van der Waals surface area contributed by atoms with Crippen LogP contribution in [0.2, 0.25) is 0 Å². The zero-order valence-corrected chi connectivity index (χ0v) is 36.5. The normalized spacial score (nSPS) is 17.7. The molecular weight excluding hydrogens is 785 g/mol. The fourth-order valence-corrected chi connectivity index (χ4v) is 9.61. The maximum Gasteiger partial charge on any atom is 0.407 e. The van der Waals surface area contributed by atoms with E-state index < -0.39 is 24.3 Å². The van der Waals surface area contributed by atoms with E-state index in [9.17, 15) is 19.2 Å². The lowest BCUT2D eigenvalue weighted by molar-refractivity contribution is -0.135. The lowest BCUT2D eigenvalue weighted by atomic mass is 9.83. The second-order valence-corrected chi connectivity index (χ2v) is 17.7. The number of carbonyl (C=O) groups is 4. The molecule has 4 amide bonds. The number of benzene rings is 3. The first kappa shape index (κ1) is 42.5. The van der Waals surface area contributed by atoms with Gasteiger partial charge in [-0.3, -0.25) is 9.59 Å². The Hall–Kier alpha value is -6.18. The van der Waals surface area contributed by atoms with Crippen molar-refractivity contribution >= 4 is 35.0 Å². The van der Waals surface area contributed by atoms with Crippen LogP contribution < -0.4 is 16.0 Å². The number of amides is 4. The Labute approximate surface area is 362 Å². The highest BCUT2D eigenvalue weighted by atomic mass is 16.5. The molecule has 4 atom stereocenters. The predicted molar refractivity (Wildman–Crippen MR) is 237 cm³/mol. The SMILES string of the molecule is COC(=O)N[C@H](C(=O)N[C@H](c1nc2ccc(-c3ccc4c(c3)CCc3cc(-c5cnc([C@@H]6CCCN6C(=O)[C@@H](NC(=O)OC)C(C)C)[nH]5)ccc3-4)cc2[nH]1)C1CCCC1)C(C)C. The van der Waals surface area contributed by atoms with E-state index in [1.165, 1.54) is 36.5 Å². The van der Waals surface area contributed by atoms with Crippen molar-refractivity contribution in [1.29, 1.82) is 0 Å². The van der Waals surface area contributed by atoms with Gasteiger partial charge in [0.2, 0.25) is 11.8 Å². The van der Waals surface area contributed by atoms with Crippen LogP contribution in [0.4, 0.5) is 9.59 Å². The molecule has 5 N–H and O–H groups in total. The van der Waals surface area contributed by atoms with Crippen molar-refractivity contribution in [2.45, 2.75) is 103 Å². The monoisotopic (exact) mass is 842 g/mol. The molecule has 3 heterocycles. The van der Waals surface area contributed by atoms with Crippen molar-refractivity contribution in [2.24, 2.45) is 17.8 Å². The van der Waals surface area contributed by atoms with Crippen LogP contribution in [0.3, 0.4) is 0 Å². The first-order chi connectivity index (χ1) is 29.9. The Kier molecular flexibility index (Phi) is 12.4. The molecule has 2 aliphatic carbocycles. The highest BCUT2D eigenvalue weighted by Gasteiger charge is 2.38. The molecule has 14 nitrogen and oxygen atoms in total. The first-order valence-electron chi connectivity index (χ1n) is 22.0. The first-order valence-corrected chi connectivity index (χ1v) is 22.0. The molecular formula is C48H58N8O6. The summed E-state index contributed by atoms with van der Waals surface area (Å²) in [6, 6.07) is 17.7. The molecule has 8 rings (SSSR count). The number of nitrogens with one attached hydrogen (secondary N) is 5. The van der Waals surface area contributed by atoms with Crippen molar-refractivity contribution in [3.8, 4) is 33.5 Å². The molecule has 0 spiro atoms. The van der Waals surface area contributed by atoms with Crippen molar-refractivity contribution in [1.82, 2.24) is 40.8 Å². The Morgan fingerprint density at radius 3 is 2.00 bits per heavy atom. The second-order valence-electron chi connectivity index (χ2n) is 17.7. The molecule has 14 heteroatoms. The number of nitrogens with zero attached hydrogens (tertiary/aromatic N) is 3. The van der Waals surface area contributed by atoms with Gasteiger partial charge in [0.1, 0.15) is 23.7 Å². The zero-order valence-electron chi connectivity index (χ0n) is 36.5. The summed E-state index contributed by atoms with van der Waals surface area (Å²) < 4.78 is 9.58. The molecule has 1 saturated heterocycles. The minimum absolute atomic E-state index is 0.102. The molecule has 62 heavy (non-hydrogen) atoms. The van der Waals surface area contributed by atoms with Crippen molar-refractivity contribution in [3.63, 3.8) is 0 Å². The van der Waals surface area contributed by atoms with Gasteiger partial charge in [-0.05, 0) is 113 Å². The molecule has 3 aliphatic rings. The quantitative estimate of drug-likeness (QED) is 0.0834. The van der Waals surface area contributed by atoms with Gasteiger partial charge in [0, 0.05) is 6.54 Å². The average molecular weight is 843 g/mol. The number of hydrogen-bond donors (Lipinski definition) is 5. The van der Waals surface area contributed by atoms with Crippen LogP contribution in [0.5, 0.6) is 0 Å². The van der Waals surface area contributed by atoms with Gasteiger partial charge in [0.25, 0.3) is 0 Å². The summed E-state index contributed by atoms with van der Waals surface area (Å²) in [7, 11) is 2.59. The topological polar surface area (TPSA) is 183 Å². The molecule has 5 aromatic rings. The van der Waals surface area contributed by atoms with Crippen LogP contribution in [0, 0.1) is 17.8 Å². The van der Waals surface area contributed by atoms with Gasteiger partial charge in [-0.2, -0.15) is 0 Å². The fourth-order valence-electron chi connectivity index (χ4n) is 9.61. The standard InChI is InChI=1S/C48H58N8O6/c1-26(2)40(54-47(59)61-5)45(57)53-42(28-10-7-8-11-28)44-50-36-20-17-30(24-37(36)51-44)29-15-18-34-31(22-29)13-14-32-23-33(16-19-35(32)34)38-25-49-43(52-38)39-12-9-21-56(39)46(58)41(27(3)4)55-48(60)62-6/h15-20,22-28,39-42H,7-14,21H2,1-6H3,(H,49,52)(H,50,51)(H,53,57)(H,54,59)(H,55,60)/t39-,40-,41-,42-/m0/s1. The Bertz CT molecular complexity index is 2470. The van der Waals surface area contributed by atoms with Crippen LogP contribution in [0.1, 0.15) is 101 Å². The van der Waals surface area contributed by atoms with Crippen molar-refractivity contribution < 1.29 is 28.7 Å². The number of rotatable bonds is 12. The van der Waals surface area contributed by atoms with E-state index in [0.29, 0.717) is 6.54 Å². The summed E-state index contributed by atoms with van der Waals surface area (Å²) in [5, 5.41) is 8.66. The van der Waals surface area contributed by atoms with Gasteiger partial charge in [-0.15, -0.1) is 0 Å². The smallest absolute Gasteiger partial charge is 0.407 e. The van der Waals surface area contributed by atoms with Gasteiger partial charge in [-0.1, -0.05) is 76.9 Å². The molecule has 3 aromatic carbocycles. The highest BCUT2D eigenvalue weighted by Crippen LogP contribution is 2.40. The van der Waals surface area contributed by atoms with Gasteiger partial charge >= 0.3 is 12.2 Å². The number of likely N-dealkylation sites (tertiary alicyclic amines) is 1. The van der Waals surface area contributed by atoms with Crippen LogP contribution >= 0.6 is 0 Å². The van der Waals surface area contributed by atoms with E-state index in [-0.39, 0.29) is 41.7 Å². The largest absolute Gasteiger partial charge is 0.453 e. The molecule has 326 valence electrons. The van der Waals surface area contributed by atoms with E-state index in [0.717, 1.165) is 96.4 Å². The summed E-state index contributed by atoms with van der Waals surface area (Å²) >= 11 is 0. The minimum atomic E-state index is -0.735. The molecule has 0 unspecified atom stereocenters. The number of ether oxygens (including phenoxy) is 2. The van der Waals surface area contributed by atoms with Gasteiger partial charge in [0.15, 0.2) is 0 Å².